The molecule has 13 rings (SSSR count). The highest BCUT2D eigenvalue weighted by Crippen LogP contribution is 2.65. The van der Waals surface area contributed by atoms with Crippen LogP contribution >= 0.6 is 0 Å². The van der Waals surface area contributed by atoms with Gasteiger partial charge in [-0.15, -0.1) is 0 Å². The number of furan rings is 2. The van der Waals surface area contributed by atoms with Crippen molar-refractivity contribution in [1.82, 2.24) is 0 Å². The van der Waals surface area contributed by atoms with E-state index >= 15 is 0 Å². The third kappa shape index (κ3) is 9.18. The molecule has 0 spiro atoms. The summed E-state index contributed by atoms with van der Waals surface area (Å²) >= 11 is 0. The van der Waals surface area contributed by atoms with Crippen LogP contribution in [-0.2, 0) is 32.5 Å². The monoisotopic (exact) mass is 1110 g/mol. The van der Waals surface area contributed by atoms with Crippen molar-refractivity contribution in [3.05, 3.63) is 262 Å². The number of hydrogen-bond donors (Lipinski definition) is 0. The Hall–Kier alpha value is -8.60. The Bertz CT molecular complexity index is 4330. The number of benzene rings is 10. The Morgan fingerprint density at radius 3 is 1.02 bits per heavy atom. The molecule has 0 bridgehead atoms. The Morgan fingerprint density at radius 2 is 0.647 bits per heavy atom. The summed E-state index contributed by atoms with van der Waals surface area (Å²) in [5.41, 5.74) is 21.3. The summed E-state index contributed by atoms with van der Waals surface area (Å²) in [7, 11) is 0. The number of para-hydroxylation sites is 2. The molecule has 1 aliphatic rings. The van der Waals surface area contributed by atoms with Crippen LogP contribution in [-0.4, -0.2) is 0 Å². The number of fused-ring (bicyclic) bond motifs is 11. The van der Waals surface area contributed by atoms with Crippen LogP contribution < -0.4 is 9.80 Å². The lowest BCUT2D eigenvalue weighted by atomic mass is 9.67. The van der Waals surface area contributed by atoms with E-state index in [1.165, 1.54) is 22.3 Å². The van der Waals surface area contributed by atoms with Crippen molar-refractivity contribution >= 4 is 78.0 Å². The van der Waals surface area contributed by atoms with Gasteiger partial charge in [-0.3, -0.25) is 0 Å². The highest BCUT2D eigenvalue weighted by Gasteiger charge is 2.51. The molecule has 0 amide bonds. The van der Waals surface area contributed by atoms with Crippen molar-refractivity contribution in [2.24, 2.45) is 0 Å². The van der Waals surface area contributed by atoms with Gasteiger partial charge in [0.15, 0.2) is 0 Å². The summed E-state index contributed by atoms with van der Waals surface area (Å²) in [6.45, 7) is 34.4. The number of nitrogens with zero attached hydrogens (tertiary/aromatic N) is 2. The normalized spacial score (nSPS) is 13.7. The van der Waals surface area contributed by atoms with Crippen molar-refractivity contribution in [2.75, 3.05) is 9.80 Å². The highest BCUT2D eigenvalue weighted by molar-refractivity contribution is 6.25. The molecule has 426 valence electrons. The smallest absolute Gasteiger partial charge is 0.145 e. The first-order valence-electron chi connectivity index (χ1n) is 30.5. The van der Waals surface area contributed by atoms with Crippen LogP contribution in [0.2, 0.25) is 0 Å². The second-order valence-electron chi connectivity index (χ2n) is 29.0. The Morgan fingerprint density at radius 1 is 0.306 bits per heavy atom. The number of rotatable bonds is 8. The second-order valence-corrected chi connectivity index (χ2v) is 29.0. The van der Waals surface area contributed by atoms with Gasteiger partial charge in [-0.1, -0.05) is 249 Å². The van der Waals surface area contributed by atoms with Gasteiger partial charge in [-0.25, -0.2) is 0 Å². The standard InChI is InChI=1S/C81H80N2O2/c1-76(2,3)51-33-41-57(42-34-51)82(58-43-35-52(36-44-58)77(4,5)6)66-49-64-71(74-69(66)61-29-22-23-32-68(61)84-74)72-65(81(64,55-25-18-16-19-26-55)56-27-20-17-21-28-56)50-67(70-62-30-24-31-63(80(13,14)15)73(62)85-75(70)72)83(59-45-37-53(38-46-59)78(7,8)9)60-47-39-54(40-48-60)79(10,11)12/h16-50H,1-15H3. The Labute approximate surface area is 503 Å². The number of anilines is 6. The fourth-order valence-electron chi connectivity index (χ4n) is 13.5. The molecule has 10 aromatic carbocycles. The predicted molar refractivity (Wildman–Crippen MR) is 361 cm³/mol. The molecule has 0 radical (unpaired) electrons. The molecule has 0 N–H and O–H groups in total. The van der Waals surface area contributed by atoms with E-state index in [-0.39, 0.29) is 27.1 Å². The van der Waals surface area contributed by atoms with Crippen LogP contribution in [0.3, 0.4) is 0 Å². The summed E-state index contributed by atoms with van der Waals surface area (Å²) in [6, 6.07) is 79.8. The van der Waals surface area contributed by atoms with E-state index in [0.717, 1.165) is 117 Å². The van der Waals surface area contributed by atoms with Crippen molar-refractivity contribution in [3.8, 4) is 11.1 Å². The zero-order chi connectivity index (χ0) is 59.8. The van der Waals surface area contributed by atoms with Crippen LogP contribution in [0.15, 0.2) is 221 Å². The zero-order valence-electron chi connectivity index (χ0n) is 52.4. The van der Waals surface area contributed by atoms with Crippen molar-refractivity contribution in [1.29, 1.82) is 0 Å². The third-order valence-corrected chi connectivity index (χ3v) is 18.1. The van der Waals surface area contributed by atoms with Crippen LogP contribution in [0.4, 0.5) is 34.1 Å². The molecule has 0 saturated carbocycles. The maximum atomic E-state index is 7.90. The molecule has 0 aliphatic heterocycles. The maximum Gasteiger partial charge on any atom is 0.145 e. The van der Waals surface area contributed by atoms with Crippen LogP contribution in [0, 0.1) is 0 Å². The second kappa shape index (κ2) is 19.7. The van der Waals surface area contributed by atoms with Crippen molar-refractivity contribution in [2.45, 2.75) is 136 Å². The first kappa shape index (κ1) is 55.6. The summed E-state index contributed by atoms with van der Waals surface area (Å²) in [5.74, 6) is 0. The van der Waals surface area contributed by atoms with E-state index in [1.54, 1.807) is 0 Å². The van der Waals surface area contributed by atoms with E-state index in [9.17, 15) is 0 Å². The van der Waals surface area contributed by atoms with Gasteiger partial charge in [-0.2, -0.15) is 0 Å². The van der Waals surface area contributed by atoms with E-state index in [0.29, 0.717) is 0 Å². The van der Waals surface area contributed by atoms with Gasteiger partial charge >= 0.3 is 0 Å². The van der Waals surface area contributed by atoms with E-state index in [4.69, 9.17) is 8.83 Å². The van der Waals surface area contributed by atoms with Crippen LogP contribution in [0.5, 0.6) is 0 Å². The maximum absolute atomic E-state index is 7.90. The van der Waals surface area contributed by atoms with E-state index < -0.39 is 5.41 Å². The average Bonchev–Trinajstić information content (AvgIpc) is 1.52. The lowest BCUT2D eigenvalue weighted by Gasteiger charge is -2.36. The van der Waals surface area contributed by atoms with Crippen LogP contribution in [0.25, 0.3) is 55.0 Å². The first-order chi connectivity index (χ1) is 40.3. The molecule has 0 atom stereocenters. The highest BCUT2D eigenvalue weighted by atomic mass is 16.3. The van der Waals surface area contributed by atoms with E-state index in [2.05, 4.69) is 326 Å². The predicted octanol–water partition coefficient (Wildman–Crippen LogP) is 23.3. The zero-order valence-corrected chi connectivity index (χ0v) is 52.4. The first-order valence-corrected chi connectivity index (χ1v) is 30.5. The number of hydrogen-bond acceptors (Lipinski definition) is 4. The van der Waals surface area contributed by atoms with Gasteiger partial charge in [-0.05, 0) is 138 Å². The summed E-state index contributed by atoms with van der Waals surface area (Å²) in [5, 5.41) is 4.21. The Balaban J connectivity index is 1.24. The van der Waals surface area contributed by atoms with Gasteiger partial charge in [0, 0.05) is 50.2 Å². The summed E-state index contributed by atoms with van der Waals surface area (Å²) in [4.78, 5) is 4.98. The minimum absolute atomic E-state index is 0.0358. The topological polar surface area (TPSA) is 32.8 Å². The fourth-order valence-corrected chi connectivity index (χ4v) is 13.5. The quantitative estimate of drug-likeness (QED) is 0.152. The largest absolute Gasteiger partial charge is 0.455 e. The molecule has 4 heteroatoms. The minimum atomic E-state index is -0.917. The molecule has 12 aromatic rings. The molecule has 4 nitrogen and oxygen atoms in total. The molecule has 85 heavy (non-hydrogen) atoms. The lowest BCUT2D eigenvalue weighted by Crippen LogP contribution is -2.29. The minimum Gasteiger partial charge on any atom is -0.455 e. The molecule has 1 aliphatic carbocycles. The summed E-state index contributed by atoms with van der Waals surface area (Å²) in [6.07, 6.45) is 0. The van der Waals surface area contributed by atoms with Gasteiger partial charge < -0.3 is 18.6 Å². The third-order valence-electron chi connectivity index (χ3n) is 18.1. The van der Waals surface area contributed by atoms with Crippen molar-refractivity contribution in [3.63, 3.8) is 0 Å². The van der Waals surface area contributed by atoms with Crippen LogP contribution in [0.1, 0.15) is 154 Å². The van der Waals surface area contributed by atoms with E-state index in [1.807, 2.05) is 0 Å². The fraction of sp³-hybridized carbons (Fsp3) is 0.259. The molecule has 0 saturated heterocycles. The molecule has 0 fully saturated rings. The van der Waals surface area contributed by atoms with Gasteiger partial charge in [0.2, 0.25) is 0 Å². The molecular weight excluding hydrogens is 1030 g/mol. The summed E-state index contributed by atoms with van der Waals surface area (Å²) < 4.78 is 15.5. The molecular formula is C81H80N2O2. The van der Waals surface area contributed by atoms with Gasteiger partial charge in [0.25, 0.3) is 0 Å². The van der Waals surface area contributed by atoms with Gasteiger partial charge in [0.05, 0.1) is 27.6 Å². The molecule has 2 aromatic heterocycles. The lowest BCUT2D eigenvalue weighted by molar-refractivity contribution is 0.573. The average molecular weight is 1110 g/mol. The Kier molecular flexibility index (Phi) is 12.9. The van der Waals surface area contributed by atoms with Gasteiger partial charge in [0.1, 0.15) is 22.3 Å². The molecule has 0 unspecified atom stereocenters. The molecule has 2 heterocycles. The SMILES string of the molecule is CC(C)(C)c1ccc(N(c2ccc(C(C)(C)C)cc2)c2cc3c(c4oc5ccccc5c24)-c2c(cc(N(c4ccc(C(C)(C)C)cc4)c4ccc(C(C)(C)C)cc4)c4c2oc2c(C(C)(C)C)cccc24)C3(c2ccccc2)c2ccccc2)cc1. The van der Waals surface area contributed by atoms with Crippen molar-refractivity contribution < 1.29 is 8.83 Å².